The van der Waals surface area contributed by atoms with E-state index in [2.05, 4.69) is 10.3 Å². The Kier molecular flexibility index (Phi) is 7.69. The first-order valence-electron chi connectivity index (χ1n) is 10.6. The summed E-state index contributed by atoms with van der Waals surface area (Å²) in [6.45, 7) is 0.214. The monoisotopic (exact) mass is 501 g/mol. The van der Waals surface area contributed by atoms with Gasteiger partial charge < -0.3 is 19.7 Å². The lowest BCUT2D eigenvalue weighted by molar-refractivity contribution is -0.122. The molecule has 4 rings (SSSR count). The van der Waals surface area contributed by atoms with E-state index in [9.17, 15) is 14.0 Å². The number of amides is 2. The molecule has 2 heterocycles. The second-order valence-corrected chi connectivity index (χ2v) is 9.58. The van der Waals surface area contributed by atoms with E-state index in [0.717, 1.165) is 28.5 Å². The number of rotatable bonds is 9. The fourth-order valence-corrected chi connectivity index (χ4v) is 5.32. The highest BCUT2D eigenvalue weighted by molar-refractivity contribution is 7.97. The van der Waals surface area contributed by atoms with Crippen molar-refractivity contribution in [3.8, 4) is 11.5 Å². The molecule has 1 atom stereocenters. The van der Waals surface area contributed by atoms with Crippen LogP contribution in [0.15, 0.2) is 47.8 Å². The van der Waals surface area contributed by atoms with Crippen LogP contribution in [0.5, 0.6) is 11.5 Å². The van der Waals surface area contributed by atoms with Gasteiger partial charge in [0, 0.05) is 41.6 Å². The van der Waals surface area contributed by atoms with Crippen molar-refractivity contribution in [1.82, 2.24) is 4.98 Å². The van der Waals surface area contributed by atoms with Crippen molar-refractivity contribution in [2.45, 2.75) is 17.9 Å². The molecule has 1 aliphatic heterocycles. The van der Waals surface area contributed by atoms with Crippen molar-refractivity contribution >= 4 is 45.7 Å². The SMILES string of the molecule is COc1cc(CSCc2csc(NC(=O)C3CC(=O)N(c4cccc(F)c4)C3)n2)cc(OC)c1. The molecular formula is C24H24FN3O4S2. The molecule has 10 heteroatoms. The molecule has 1 fully saturated rings. The van der Waals surface area contributed by atoms with E-state index in [1.54, 1.807) is 38.1 Å². The summed E-state index contributed by atoms with van der Waals surface area (Å²) < 4.78 is 24.1. The molecule has 1 N–H and O–H groups in total. The maximum absolute atomic E-state index is 13.5. The molecule has 0 radical (unpaired) electrons. The minimum Gasteiger partial charge on any atom is -0.497 e. The summed E-state index contributed by atoms with van der Waals surface area (Å²) in [5.74, 6) is 1.54. The zero-order valence-corrected chi connectivity index (χ0v) is 20.4. The lowest BCUT2D eigenvalue weighted by Crippen LogP contribution is -2.28. The van der Waals surface area contributed by atoms with Crippen LogP contribution in [-0.4, -0.2) is 37.6 Å². The molecule has 2 amide bonds. The molecule has 7 nitrogen and oxygen atoms in total. The number of anilines is 2. The number of ether oxygens (including phenoxy) is 2. The highest BCUT2D eigenvalue weighted by Crippen LogP contribution is 2.29. The van der Waals surface area contributed by atoms with Gasteiger partial charge in [0.05, 0.1) is 25.8 Å². The molecule has 1 unspecified atom stereocenters. The van der Waals surface area contributed by atoms with Gasteiger partial charge in [-0.1, -0.05) is 6.07 Å². The number of nitrogens with one attached hydrogen (secondary N) is 1. The number of halogens is 1. The van der Waals surface area contributed by atoms with E-state index in [0.29, 0.717) is 16.6 Å². The lowest BCUT2D eigenvalue weighted by Gasteiger charge is -2.16. The van der Waals surface area contributed by atoms with Gasteiger partial charge in [-0.2, -0.15) is 11.8 Å². The van der Waals surface area contributed by atoms with E-state index in [4.69, 9.17) is 9.47 Å². The number of thiazole rings is 1. The summed E-state index contributed by atoms with van der Waals surface area (Å²) in [5, 5.41) is 5.23. The molecule has 3 aromatic rings. The molecule has 0 aliphatic carbocycles. The summed E-state index contributed by atoms with van der Waals surface area (Å²) in [7, 11) is 3.24. The molecule has 2 aromatic carbocycles. The van der Waals surface area contributed by atoms with Gasteiger partial charge in [0.15, 0.2) is 5.13 Å². The molecule has 0 bridgehead atoms. The predicted molar refractivity (Wildman–Crippen MR) is 132 cm³/mol. The summed E-state index contributed by atoms with van der Waals surface area (Å²) >= 11 is 3.04. The minimum atomic E-state index is -0.513. The average Bonchev–Trinajstić information content (AvgIpc) is 3.45. The average molecular weight is 502 g/mol. The van der Waals surface area contributed by atoms with Crippen LogP contribution < -0.4 is 19.7 Å². The first-order valence-corrected chi connectivity index (χ1v) is 12.6. The molecule has 0 saturated carbocycles. The highest BCUT2D eigenvalue weighted by Gasteiger charge is 2.35. The molecule has 178 valence electrons. The smallest absolute Gasteiger partial charge is 0.231 e. The normalized spacial score (nSPS) is 15.4. The molecule has 34 heavy (non-hydrogen) atoms. The van der Waals surface area contributed by atoms with Crippen LogP contribution in [0.4, 0.5) is 15.2 Å². The third-order valence-corrected chi connectivity index (χ3v) is 7.17. The summed E-state index contributed by atoms with van der Waals surface area (Å²) in [5.41, 5.74) is 2.41. The van der Waals surface area contributed by atoms with Crippen LogP contribution in [0.3, 0.4) is 0 Å². The van der Waals surface area contributed by atoms with Crippen LogP contribution in [0.1, 0.15) is 17.7 Å². The number of thioether (sulfide) groups is 1. The van der Waals surface area contributed by atoms with Crippen LogP contribution in [0, 0.1) is 11.7 Å². The Balaban J connectivity index is 1.29. The van der Waals surface area contributed by atoms with Crippen LogP contribution >= 0.6 is 23.1 Å². The Morgan fingerprint density at radius 1 is 1.21 bits per heavy atom. The van der Waals surface area contributed by atoms with E-state index in [1.165, 1.54) is 28.4 Å². The van der Waals surface area contributed by atoms with Gasteiger partial charge in [-0.15, -0.1) is 11.3 Å². The second kappa shape index (κ2) is 10.9. The Hall–Kier alpha value is -3.11. The van der Waals surface area contributed by atoms with Crippen molar-refractivity contribution in [2.24, 2.45) is 5.92 Å². The number of carbonyl (C=O) groups is 2. The van der Waals surface area contributed by atoms with Gasteiger partial charge in [0.1, 0.15) is 17.3 Å². The molecular weight excluding hydrogens is 477 g/mol. The van der Waals surface area contributed by atoms with E-state index in [1.807, 2.05) is 23.6 Å². The Bertz CT molecular complexity index is 1160. The zero-order chi connectivity index (χ0) is 24.1. The fourth-order valence-electron chi connectivity index (χ4n) is 3.64. The highest BCUT2D eigenvalue weighted by atomic mass is 32.2. The maximum atomic E-state index is 13.5. The Morgan fingerprint density at radius 2 is 1.97 bits per heavy atom. The molecule has 1 saturated heterocycles. The second-order valence-electron chi connectivity index (χ2n) is 7.73. The zero-order valence-electron chi connectivity index (χ0n) is 18.7. The predicted octanol–water partition coefficient (Wildman–Crippen LogP) is 4.72. The van der Waals surface area contributed by atoms with Crippen molar-refractivity contribution in [3.05, 3.63) is 64.9 Å². The molecule has 1 aliphatic rings. The lowest BCUT2D eigenvalue weighted by atomic mass is 10.1. The number of carbonyl (C=O) groups excluding carboxylic acids is 2. The number of hydrogen-bond donors (Lipinski definition) is 1. The van der Waals surface area contributed by atoms with Gasteiger partial charge >= 0.3 is 0 Å². The van der Waals surface area contributed by atoms with Crippen LogP contribution in [0.25, 0.3) is 0 Å². The largest absolute Gasteiger partial charge is 0.497 e. The van der Waals surface area contributed by atoms with Crippen molar-refractivity contribution < 1.29 is 23.5 Å². The van der Waals surface area contributed by atoms with Crippen molar-refractivity contribution in [2.75, 3.05) is 31.0 Å². The van der Waals surface area contributed by atoms with Gasteiger partial charge in [0.25, 0.3) is 0 Å². The number of nitrogens with zero attached hydrogens (tertiary/aromatic N) is 2. The standard InChI is InChI=1S/C24H24FN3O4S2/c1-31-20-6-15(7-21(10-20)32-2)12-33-13-18-14-34-24(26-18)27-23(30)16-8-22(29)28(11-16)19-5-3-4-17(25)9-19/h3-7,9-10,14,16H,8,11-13H2,1-2H3,(H,26,27,30). The van der Waals surface area contributed by atoms with Crippen LogP contribution in [0.2, 0.25) is 0 Å². The van der Waals surface area contributed by atoms with E-state index >= 15 is 0 Å². The summed E-state index contributed by atoms with van der Waals surface area (Å²) in [6, 6.07) is 11.6. The molecule has 1 aromatic heterocycles. The summed E-state index contributed by atoms with van der Waals surface area (Å²) in [6.07, 6.45) is 0.0838. The fraction of sp³-hybridized carbons (Fsp3) is 0.292. The summed E-state index contributed by atoms with van der Waals surface area (Å²) in [4.78, 5) is 31.0. The number of hydrogen-bond acceptors (Lipinski definition) is 7. The maximum Gasteiger partial charge on any atom is 0.231 e. The van der Waals surface area contributed by atoms with E-state index < -0.39 is 11.7 Å². The minimum absolute atomic E-state index is 0.0838. The molecule has 0 spiro atoms. The van der Waals surface area contributed by atoms with Gasteiger partial charge in [-0.05, 0) is 35.9 Å². The third kappa shape index (κ3) is 5.87. The van der Waals surface area contributed by atoms with E-state index in [-0.39, 0.29) is 24.8 Å². The van der Waals surface area contributed by atoms with Gasteiger partial charge in [-0.25, -0.2) is 9.37 Å². The third-order valence-electron chi connectivity index (χ3n) is 5.33. The first kappa shape index (κ1) is 24.0. The quantitative estimate of drug-likeness (QED) is 0.457. The van der Waals surface area contributed by atoms with Gasteiger partial charge in [-0.3, -0.25) is 9.59 Å². The Labute approximate surface area is 205 Å². The first-order chi connectivity index (χ1) is 16.4. The van der Waals surface area contributed by atoms with Gasteiger partial charge in [0.2, 0.25) is 11.8 Å². The number of aromatic nitrogens is 1. The topological polar surface area (TPSA) is 80.8 Å². The van der Waals surface area contributed by atoms with Crippen molar-refractivity contribution in [1.29, 1.82) is 0 Å². The number of benzene rings is 2. The Morgan fingerprint density at radius 3 is 2.68 bits per heavy atom. The van der Waals surface area contributed by atoms with Crippen molar-refractivity contribution in [3.63, 3.8) is 0 Å². The number of methoxy groups -OCH3 is 2. The van der Waals surface area contributed by atoms with Crippen LogP contribution in [-0.2, 0) is 21.1 Å².